The first kappa shape index (κ1) is 29.9. The fourth-order valence-corrected chi connectivity index (χ4v) is 3.87. The molecule has 0 atom stereocenters. The monoisotopic (exact) mass is 434 g/mol. The third-order valence-electron chi connectivity index (χ3n) is 5.96. The predicted molar refractivity (Wildman–Crippen MR) is 138 cm³/mol. The molecule has 0 aliphatic rings. The third-order valence-corrected chi connectivity index (χ3v) is 5.96. The van der Waals surface area contributed by atoms with Gasteiger partial charge in [0.2, 0.25) is 0 Å². The predicted octanol–water partition coefficient (Wildman–Crippen LogP) is 9.87. The zero-order valence-electron chi connectivity index (χ0n) is 21.0. The molecule has 182 valence electrons. The van der Waals surface area contributed by atoms with Crippen LogP contribution in [-0.2, 0) is 9.53 Å². The van der Waals surface area contributed by atoms with Crippen molar-refractivity contribution in [3.8, 4) is 0 Å². The lowest BCUT2D eigenvalue weighted by atomic mass is 10.1. The van der Waals surface area contributed by atoms with Crippen LogP contribution in [0.4, 0.5) is 0 Å². The maximum atomic E-state index is 11.8. The smallest absolute Gasteiger partial charge is 0.305 e. The molecule has 0 aromatic rings. The minimum absolute atomic E-state index is 0.00190. The van der Waals surface area contributed by atoms with Gasteiger partial charge in [0.25, 0.3) is 0 Å². The van der Waals surface area contributed by atoms with Gasteiger partial charge in [-0.15, -0.1) is 6.58 Å². The molecule has 0 radical (unpaired) electrons. The summed E-state index contributed by atoms with van der Waals surface area (Å²) in [6.07, 6.45) is 33.9. The largest absolute Gasteiger partial charge is 0.466 e. The van der Waals surface area contributed by atoms with Crippen LogP contribution >= 0.6 is 0 Å². The summed E-state index contributed by atoms with van der Waals surface area (Å²) in [6.45, 7) is 6.64. The first-order chi connectivity index (χ1) is 15.3. The first-order valence-electron chi connectivity index (χ1n) is 13.7. The molecular weight excluding hydrogens is 380 g/mol. The lowest BCUT2D eigenvalue weighted by Crippen LogP contribution is -2.05. The van der Waals surface area contributed by atoms with Gasteiger partial charge in [0.05, 0.1) is 6.61 Å². The number of hydrogen-bond donors (Lipinski definition) is 0. The lowest BCUT2D eigenvalue weighted by molar-refractivity contribution is -0.143. The third kappa shape index (κ3) is 26.9. The number of ether oxygens (including phenoxy) is 1. The van der Waals surface area contributed by atoms with E-state index >= 15 is 0 Å². The van der Waals surface area contributed by atoms with Crippen molar-refractivity contribution >= 4 is 5.97 Å². The zero-order valence-corrected chi connectivity index (χ0v) is 21.0. The molecule has 0 bridgehead atoms. The van der Waals surface area contributed by atoms with Gasteiger partial charge in [0.1, 0.15) is 0 Å². The molecule has 0 aromatic carbocycles. The molecule has 0 saturated carbocycles. The van der Waals surface area contributed by atoms with Crippen LogP contribution in [0.1, 0.15) is 148 Å². The van der Waals surface area contributed by atoms with E-state index in [1.165, 1.54) is 109 Å². The van der Waals surface area contributed by atoms with E-state index in [4.69, 9.17) is 4.74 Å². The molecule has 0 N–H and O–H groups in total. The number of unbranched alkanes of at least 4 members (excludes halogenated alkanes) is 18. The minimum atomic E-state index is 0.00190. The number of carbonyl (C=O) groups is 1. The molecule has 0 unspecified atom stereocenters. The van der Waals surface area contributed by atoms with E-state index in [2.05, 4.69) is 25.7 Å². The molecule has 0 fully saturated rings. The normalized spacial score (nSPS) is 11.3. The fourth-order valence-electron chi connectivity index (χ4n) is 3.87. The van der Waals surface area contributed by atoms with Crippen molar-refractivity contribution in [2.75, 3.05) is 6.61 Å². The second kappa shape index (κ2) is 27.0. The Bertz CT molecular complexity index is 400. The van der Waals surface area contributed by atoms with E-state index in [1.807, 2.05) is 6.08 Å². The Morgan fingerprint density at radius 2 is 1.06 bits per heavy atom. The van der Waals surface area contributed by atoms with Crippen LogP contribution in [0.15, 0.2) is 24.8 Å². The summed E-state index contributed by atoms with van der Waals surface area (Å²) in [7, 11) is 0. The van der Waals surface area contributed by atoms with Crippen molar-refractivity contribution in [1.29, 1.82) is 0 Å². The molecular formula is C29H54O2. The number of rotatable bonds is 25. The Labute approximate surface area is 195 Å². The zero-order chi connectivity index (χ0) is 22.7. The molecule has 0 aliphatic carbocycles. The second-order valence-corrected chi connectivity index (χ2v) is 9.11. The van der Waals surface area contributed by atoms with E-state index in [1.54, 1.807) is 0 Å². The number of esters is 1. The van der Waals surface area contributed by atoms with E-state index < -0.39 is 0 Å². The van der Waals surface area contributed by atoms with Gasteiger partial charge < -0.3 is 4.74 Å². The topological polar surface area (TPSA) is 26.3 Å². The highest BCUT2D eigenvalue weighted by molar-refractivity contribution is 5.69. The van der Waals surface area contributed by atoms with E-state index in [-0.39, 0.29) is 5.97 Å². The van der Waals surface area contributed by atoms with Crippen LogP contribution in [0, 0.1) is 0 Å². The SMILES string of the molecule is C=CCCCCCCCCCOC(=O)CCCCCCC/C=C\CCCCCCCC. The minimum Gasteiger partial charge on any atom is -0.466 e. The van der Waals surface area contributed by atoms with Crippen molar-refractivity contribution < 1.29 is 9.53 Å². The molecule has 0 spiro atoms. The van der Waals surface area contributed by atoms with E-state index in [0.717, 1.165) is 25.7 Å². The van der Waals surface area contributed by atoms with Crippen LogP contribution in [0.2, 0.25) is 0 Å². The Hall–Kier alpha value is -1.05. The van der Waals surface area contributed by atoms with Gasteiger partial charge in [0.15, 0.2) is 0 Å². The summed E-state index contributed by atoms with van der Waals surface area (Å²) >= 11 is 0. The molecule has 2 heteroatoms. The molecule has 0 aliphatic heterocycles. The summed E-state index contributed by atoms with van der Waals surface area (Å²) in [5, 5.41) is 0. The van der Waals surface area contributed by atoms with Crippen molar-refractivity contribution in [1.82, 2.24) is 0 Å². The summed E-state index contributed by atoms with van der Waals surface area (Å²) in [5.41, 5.74) is 0. The molecule has 31 heavy (non-hydrogen) atoms. The Balaban J connectivity index is 3.20. The lowest BCUT2D eigenvalue weighted by Gasteiger charge is -2.05. The van der Waals surface area contributed by atoms with Crippen LogP contribution < -0.4 is 0 Å². The van der Waals surface area contributed by atoms with Crippen molar-refractivity contribution in [3.63, 3.8) is 0 Å². The maximum absolute atomic E-state index is 11.8. The van der Waals surface area contributed by atoms with Gasteiger partial charge in [0, 0.05) is 6.42 Å². The molecule has 0 heterocycles. The number of carbonyl (C=O) groups excluding carboxylic acids is 1. The number of allylic oxidation sites excluding steroid dienone is 3. The Kier molecular flexibility index (Phi) is 26.1. The molecule has 0 amide bonds. The van der Waals surface area contributed by atoms with Crippen molar-refractivity contribution in [3.05, 3.63) is 24.8 Å². The molecule has 0 saturated heterocycles. The summed E-state index contributed by atoms with van der Waals surface area (Å²) < 4.78 is 5.36. The van der Waals surface area contributed by atoms with Crippen molar-refractivity contribution in [2.45, 2.75) is 148 Å². The van der Waals surface area contributed by atoms with Crippen molar-refractivity contribution in [2.24, 2.45) is 0 Å². The van der Waals surface area contributed by atoms with Crippen LogP contribution in [-0.4, -0.2) is 12.6 Å². The van der Waals surface area contributed by atoms with Crippen LogP contribution in [0.25, 0.3) is 0 Å². The summed E-state index contributed by atoms with van der Waals surface area (Å²) in [4.78, 5) is 11.8. The Morgan fingerprint density at radius 1 is 0.613 bits per heavy atom. The quantitative estimate of drug-likeness (QED) is 0.0811. The maximum Gasteiger partial charge on any atom is 0.305 e. The molecule has 2 nitrogen and oxygen atoms in total. The van der Waals surface area contributed by atoms with Gasteiger partial charge in [-0.2, -0.15) is 0 Å². The van der Waals surface area contributed by atoms with Gasteiger partial charge >= 0.3 is 5.97 Å². The second-order valence-electron chi connectivity index (χ2n) is 9.11. The Morgan fingerprint density at radius 3 is 1.61 bits per heavy atom. The highest BCUT2D eigenvalue weighted by Gasteiger charge is 2.02. The molecule has 0 aromatic heterocycles. The average molecular weight is 435 g/mol. The first-order valence-corrected chi connectivity index (χ1v) is 13.7. The summed E-state index contributed by atoms with van der Waals surface area (Å²) in [5.74, 6) is 0.00190. The van der Waals surface area contributed by atoms with Gasteiger partial charge in [-0.25, -0.2) is 0 Å². The molecule has 0 rings (SSSR count). The highest BCUT2D eigenvalue weighted by atomic mass is 16.5. The van der Waals surface area contributed by atoms with Gasteiger partial charge in [-0.05, 0) is 51.4 Å². The number of hydrogen-bond acceptors (Lipinski definition) is 2. The van der Waals surface area contributed by atoms with Gasteiger partial charge in [-0.3, -0.25) is 4.79 Å². The van der Waals surface area contributed by atoms with Gasteiger partial charge in [-0.1, -0.05) is 109 Å². The highest BCUT2D eigenvalue weighted by Crippen LogP contribution is 2.11. The summed E-state index contributed by atoms with van der Waals surface area (Å²) in [6, 6.07) is 0. The fraction of sp³-hybridized carbons (Fsp3) is 0.828. The van der Waals surface area contributed by atoms with E-state index in [0.29, 0.717) is 13.0 Å². The standard InChI is InChI=1S/C29H54O2/c1-3-5-7-9-11-13-14-15-16-17-18-19-21-23-25-27-29(30)31-28-26-24-22-20-12-10-8-6-4-2/h4,15-16H,2-3,5-14,17-28H2,1H3/b16-15-. The van der Waals surface area contributed by atoms with E-state index in [9.17, 15) is 4.79 Å². The average Bonchev–Trinajstić information content (AvgIpc) is 2.77. The van der Waals surface area contributed by atoms with Crippen LogP contribution in [0.3, 0.4) is 0 Å². The van der Waals surface area contributed by atoms with Crippen LogP contribution in [0.5, 0.6) is 0 Å².